The smallest absolute Gasteiger partial charge is 0.428 e. The minimum atomic E-state index is -5.10. The normalized spacial score (nSPS) is 13.8. The summed E-state index contributed by atoms with van der Waals surface area (Å²) in [6, 6.07) is 15.7. The number of aliphatic hydroxyl groups is 1. The quantitative estimate of drug-likeness (QED) is 0.379. The zero-order valence-corrected chi connectivity index (χ0v) is 17.3. The highest BCUT2D eigenvalue weighted by molar-refractivity contribution is 5.78. The van der Waals surface area contributed by atoms with E-state index in [-0.39, 0.29) is 12.1 Å². The topological polar surface area (TPSA) is 47.3 Å². The summed E-state index contributed by atoms with van der Waals surface area (Å²) >= 11 is 0. The molecule has 0 aliphatic carbocycles. The molecule has 1 heterocycles. The van der Waals surface area contributed by atoms with Crippen molar-refractivity contribution in [2.45, 2.75) is 32.2 Å². The molecule has 1 N–H and O–H groups in total. The Morgan fingerprint density at radius 2 is 1.66 bits per heavy atom. The Morgan fingerprint density at radius 1 is 0.969 bits per heavy atom. The zero-order chi connectivity index (χ0) is 23.1. The van der Waals surface area contributed by atoms with Crippen LogP contribution in [0, 0.1) is 12.7 Å². The maximum absolute atomic E-state index is 14.2. The summed E-state index contributed by atoms with van der Waals surface area (Å²) < 4.78 is 63.1. The number of halogens is 4. The van der Waals surface area contributed by atoms with Gasteiger partial charge in [-0.25, -0.2) is 9.37 Å². The molecule has 1 aromatic heterocycles. The molecule has 4 nitrogen and oxygen atoms in total. The Kier molecular flexibility index (Phi) is 5.42. The van der Waals surface area contributed by atoms with Gasteiger partial charge in [-0.2, -0.15) is 13.2 Å². The summed E-state index contributed by atoms with van der Waals surface area (Å²) in [4.78, 5) is 4.13. The molecule has 0 saturated carbocycles. The molecule has 0 saturated heterocycles. The summed E-state index contributed by atoms with van der Waals surface area (Å²) in [5.41, 5.74) is -2.31. The fraction of sp³-hybridized carbons (Fsp3) is 0.208. The van der Waals surface area contributed by atoms with E-state index in [2.05, 4.69) is 4.98 Å². The van der Waals surface area contributed by atoms with Gasteiger partial charge in [-0.15, -0.1) is 0 Å². The van der Waals surface area contributed by atoms with Crippen LogP contribution < -0.4 is 4.74 Å². The highest BCUT2D eigenvalue weighted by atomic mass is 19.4. The summed E-state index contributed by atoms with van der Waals surface area (Å²) in [7, 11) is 0. The first-order valence-electron chi connectivity index (χ1n) is 9.94. The van der Waals surface area contributed by atoms with Crippen molar-refractivity contribution in [3.63, 3.8) is 0 Å². The van der Waals surface area contributed by atoms with Crippen molar-refractivity contribution in [1.82, 2.24) is 9.55 Å². The molecule has 1 atom stereocenters. The van der Waals surface area contributed by atoms with Gasteiger partial charge in [0.05, 0.1) is 11.0 Å². The van der Waals surface area contributed by atoms with E-state index >= 15 is 0 Å². The molecule has 0 radical (unpaired) electrons. The average Bonchev–Trinajstić information content (AvgIpc) is 3.11. The lowest BCUT2D eigenvalue weighted by Crippen LogP contribution is -2.45. The third-order valence-electron chi connectivity index (χ3n) is 5.26. The van der Waals surface area contributed by atoms with Crippen molar-refractivity contribution < 1.29 is 27.4 Å². The van der Waals surface area contributed by atoms with Gasteiger partial charge in [0.25, 0.3) is 0 Å². The van der Waals surface area contributed by atoms with Gasteiger partial charge < -0.3 is 14.4 Å². The van der Waals surface area contributed by atoms with Crippen molar-refractivity contribution in [1.29, 1.82) is 0 Å². The van der Waals surface area contributed by atoms with Crippen LogP contribution in [-0.2, 0) is 12.1 Å². The number of fused-ring (bicyclic) bond motifs is 1. The number of alkyl halides is 3. The lowest BCUT2D eigenvalue weighted by molar-refractivity contribution is -0.252. The predicted molar refractivity (Wildman–Crippen MR) is 112 cm³/mol. The number of ether oxygens (including phenoxy) is 1. The Labute approximate surface area is 181 Å². The third-order valence-corrected chi connectivity index (χ3v) is 5.26. The fourth-order valence-corrected chi connectivity index (χ4v) is 3.69. The van der Waals surface area contributed by atoms with Crippen LogP contribution in [-0.4, -0.2) is 20.8 Å². The Hall–Kier alpha value is -3.39. The van der Waals surface area contributed by atoms with E-state index in [1.165, 1.54) is 10.6 Å². The molecule has 0 amide bonds. The summed E-state index contributed by atoms with van der Waals surface area (Å²) in [6.07, 6.45) is -5.10. The maximum Gasteiger partial charge on any atom is 0.428 e. The molecule has 3 aromatic carbocycles. The molecule has 0 aliphatic heterocycles. The first-order chi connectivity index (χ1) is 15.1. The molecule has 1 unspecified atom stereocenters. The van der Waals surface area contributed by atoms with Crippen LogP contribution in [0.1, 0.15) is 23.9 Å². The molecule has 4 rings (SSSR count). The summed E-state index contributed by atoms with van der Waals surface area (Å²) in [5, 5.41) is 11.0. The Bertz CT molecular complexity index is 1270. The van der Waals surface area contributed by atoms with E-state index < -0.39 is 29.0 Å². The number of nitrogens with zero attached hydrogens (tertiary/aromatic N) is 2. The van der Waals surface area contributed by atoms with Crippen molar-refractivity contribution >= 4 is 11.0 Å². The lowest BCUT2D eigenvalue weighted by atomic mass is 9.92. The van der Waals surface area contributed by atoms with Gasteiger partial charge in [0.1, 0.15) is 17.3 Å². The van der Waals surface area contributed by atoms with Crippen molar-refractivity contribution in [2.24, 2.45) is 0 Å². The number of hydrogen-bond donors (Lipinski definition) is 1. The molecule has 0 bridgehead atoms. The summed E-state index contributed by atoms with van der Waals surface area (Å²) in [5.74, 6) is -0.297. The second-order valence-electron chi connectivity index (χ2n) is 7.46. The standard InChI is InChI=1S/C24H20F4N2O2/c1-3-30-21-14-19(32-18-6-4-5-15(2)13-18)11-12-20(21)29-22(30)23(31,24(26,27)28)16-7-9-17(25)10-8-16/h4-14,31H,3H2,1-2H3. The van der Waals surface area contributed by atoms with Gasteiger partial charge in [0.15, 0.2) is 5.82 Å². The van der Waals surface area contributed by atoms with Crippen LogP contribution in [0.4, 0.5) is 17.6 Å². The van der Waals surface area contributed by atoms with Crippen LogP contribution in [0.2, 0.25) is 0 Å². The van der Waals surface area contributed by atoms with Crippen molar-refractivity contribution in [3.8, 4) is 11.5 Å². The van der Waals surface area contributed by atoms with Crippen LogP contribution in [0.15, 0.2) is 66.7 Å². The fourth-order valence-electron chi connectivity index (χ4n) is 3.69. The van der Waals surface area contributed by atoms with Crippen molar-refractivity contribution in [2.75, 3.05) is 0 Å². The molecule has 0 aliphatic rings. The minimum Gasteiger partial charge on any atom is -0.457 e. The zero-order valence-electron chi connectivity index (χ0n) is 17.3. The van der Waals surface area contributed by atoms with E-state index in [0.717, 1.165) is 29.8 Å². The highest BCUT2D eigenvalue weighted by Crippen LogP contribution is 2.45. The molecule has 32 heavy (non-hydrogen) atoms. The molecule has 166 valence electrons. The number of benzene rings is 3. The lowest BCUT2D eigenvalue weighted by Gasteiger charge is -2.30. The number of hydrogen-bond acceptors (Lipinski definition) is 3. The molecule has 0 fully saturated rings. The molecular weight excluding hydrogens is 424 g/mol. The van der Waals surface area contributed by atoms with Gasteiger partial charge >= 0.3 is 6.18 Å². The summed E-state index contributed by atoms with van der Waals surface area (Å²) in [6.45, 7) is 3.68. The average molecular weight is 444 g/mol. The second kappa shape index (κ2) is 7.94. The van der Waals surface area contributed by atoms with E-state index in [1.807, 2.05) is 25.1 Å². The maximum atomic E-state index is 14.2. The predicted octanol–water partition coefficient (Wildman–Crippen LogP) is 6.09. The number of rotatable bonds is 5. The monoisotopic (exact) mass is 444 g/mol. The van der Waals surface area contributed by atoms with Crippen LogP contribution in [0.5, 0.6) is 11.5 Å². The first kappa shape index (κ1) is 21.8. The molecule has 0 spiro atoms. The van der Waals surface area contributed by atoms with Gasteiger partial charge in [0, 0.05) is 18.2 Å². The van der Waals surface area contributed by atoms with Crippen LogP contribution in [0.3, 0.4) is 0 Å². The van der Waals surface area contributed by atoms with E-state index in [9.17, 15) is 22.7 Å². The Morgan fingerprint density at radius 3 is 2.28 bits per heavy atom. The van der Waals surface area contributed by atoms with E-state index in [0.29, 0.717) is 17.0 Å². The highest BCUT2D eigenvalue weighted by Gasteiger charge is 2.59. The molecule has 4 aromatic rings. The third kappa shape index (κ3) is 3.71. The molecule has 8 heteroatoms. The Balaban J connectivity index is 1.86. The van der Waals surface area contributed by atoms with Gasteiger partial charge in [-0.05, 0) is 55.8 Å². The van der Waals surface area contributed by atoms with Crippen LogP contribution >= 0.6 is 0 Å². The van der Waals surface area contributed by atoms with E-state index in [1.54, 1.807) is 25.1 Å². The minimum absolute atomic E-state index is 0.110. The SMILES string of the molecule is CCn1c(C(O)(c2ccc(F)cc2)C(F)(F)F)nc2ccc(Oc3cccc(C)c3)cc21. The van der Waals surface area contributed by atoms with Crippen LogP contribution in [0.25, 0.3) is 11.0 Å². The van der Waals surface area contributed by atoms with Gasteiger partial charge in [-0.3, -0.25) is 0 Å². The van der Waals surface area contributed by atoms with Gasteiger partial charge in [-0.1, -0.05) is 24.3 Å². The number of aryl methyl sites for hydroxylation is 2. The number of aromatic nitrogens is 2. The molecular formula is C24H20F4N2O2. The van der Waals surface area contributed by atoms with Crippen molar-refractivity contribution in [3.05, 3.63) is 89.5 Å². The van der Waals surface area contributed by atoms with Gasteiger partial charge in [0.2, 0.25) is 5.60 Å². The second-order valence-corrected chi connectivity index (χ2v) is 7.46. The first-order valence-corrected chi connectivity index (χ1v) is 9.94. The largest absolute Gasteiger partial charge is 0.457 e. The van der Waals surface area contributed by atoms with E-state index in [4.69, 9.17) is 4.74 Å². The number of imidazole rings is 1.